The molecule has 1 amide bonds. The minimum absolute atomic E-state index is 0.0779. The average molecular weight is 325 g/mol. The molecule has 2 aromatic rings. The fourth-order valence-corrected chi connectivity index (χ4v) is 2.99. The van der Waals surface area contributed by atoms with Crippen molar-refractivity contribution in [3.05, 3.63) is 41.9 Å². The molecule has 0 spiro atoms. The van der Waals surface area contributed by atoms with Gasteiger partial charge in [-0.15, -0.1) is 0 Å². The van der Waals surface area contributed by atoms with Crippen LogP contribution in [0.4, 0.5) is 5.82 Å². The molecule has 0 radical (unpaired) electrons. The first-order chi connectivity index (χ1) is 11.7. The molecule has 1 saturated carbocycles. The van der Waals surface area contributed by atoms with Crippen molar-refractivity contribution in [3.63, 3.8) is 0 Å². The number of ether oxygens (including phenoxy) is 2. The van der Waals surface area contributed by atoms with Crippen LogP contribution in [0.15, 0.2) is 30.6 Å². The second-order valence-corrected chi connectivity index (χ2v) is 6.24. The second-order valence-electron chi connectivity index (χ2n) is 6.24. The number of nitrogens with one attached hydrogen (secondary N) is 1. The lowest BCUT2D eigenvalue weighted by Gasteiger charge is -2.25. The molecule has 2 aliphatic rings. The Hall–Kier alpha value is -2.63. The molecule has 1 aromatic carbocycles. The van der Waals surface area contributed by atoms with Crippen LogP contribution in [0.2, 0.25) is 0 Å². The van der Waals surface area contributed by atoms with Crippen LogP contribution in [0.25, 0.3) is 0 Å². The summed E-state index contributed by atoms with van der Waals surface area (Å²) in [6.45, 7) is 0.365. The number of nitrogens with zero attached hydrogens (tertiary/aromatic N) is 2. The van der Waals surface area contributed by atoms with E-state index >= 15 is 0 Å². The number of amides is 1. The third kappa shape index (κ3) is 2.91. The predicted octanol–water partition coefficient (Wildman–Crippen LogP) is 2.55. The van der Waals surface area contributed by atoms with Gasteiger partial charge in [-0.2, -0.15) is 0 Å². The third-order valence-electron chi connectivity index (χ3n) is 4.48. The Bertz CT molecular complexity index is 774. The number of aromatic nitrogens is 2. The molecular formula is C18H19N3O3. The summed E-state index contributed by atoms with van der Waals surface area (Å²) in [6.07, 6.45) is 6.13. The first-order valence-electron chi connectivity index (χ1n) is 8.16. The summed E-state index contributed by atoms with van der Waals surface area (Å²) in [4.78, 5) is 21.3. The molecule has 2 heterocycles. The molecular weight excluding hydrogens is 306 g/mol. The zero-order valence-corrected chi connectivity index (χ0v) is 13.5. The van der Waals surface area contributed by atoms with E-state index in [9.17, 15) is 4.79 Å². The van der Waals surface area contributed by atoms with Crippen LogP contribution in [0.1, 0.15) is 30.0 Å². The van der Waals surface area contributed by atoms with Gasteiger partial charge in [-0.05, 0) is 43.0 Å². The fourth-order valence-electron chi connectivity index (χ4n) is 2.99. The quantitative estimate of drug-likeness (QED) is 0.935. The Balaban J connectivity index is 1.49. The number of fused-ring (bicyclic) bond motifs is 1. The van der Waals surface area contributed by atoms with Crippen molar-refractivity contribution >= 4 is 11.7 Å². The van der Waals surface area contributed by atoms with Crippen LogP contribution in [0.3, 0.4) is 0 Å². The van der Waals surface area contributed by atoms with Gasteiger partial charge in [0.25, 0.3) is 0 Å². The highest BCUT2D eigenvalue weighted by atomic mass is 16.5. The highest BCUT2D eigenvalue weighted by Gasteiger charge is 2.31. The van der Waals surface area contributed by atoms with Gasteiger partial charge >= 0.3 is 0 Å². The van der Waals surface area contributed by atoms with E-state index in [1.165, 1.54) is 0 Å². The van der Waals surface area contributed by atoms with Crippen LogP contribution in [-0.2, 0) is 11.2 Å². The zero-order chi connectivity index (χ0) is 16.5. The highest BCUT2D eigenvalue weighted by Crippen LogP contribution is 2.41. The minimum atomic E-state index is -0.251. The molecule has 6 nitrogen and oxygen atoms in total. The second kappa shape index (κ2) is 6.11. The molecule has 1 N–H and O–H groups in total. The Morgan fingerprint density at radius 2 is 2.12 bits per heavy atom. The third-order valence-corrected chi connectivity index (χ3v) is 4.48. The van der Waals surface area contributed by atoms with E-state index in [1.807, 2.05) is 18.2 Å². The Labute approximate surface area is 140 Å². The van der Waals surface area contributed by atoms with Crippen LogP contribution in [-0.4, -0.2) is 29.6 Å². The van der Waals surface area contributed by atoms with Crippen molar-refractivity contribution in [1.29, 1.82) is 0 Å². The lowest BCUT2D eigenvalue weighted by Crippen LogP contribution is -2.33. The molecule has 24 heavy (non-hydrogen) atoms. The van der Waals surface area contributed by atoms with Crippen LogP contribution >= 0.6 is 0 Å². The van der Waals surface area contributed by atoms with Crippen molar-refractivity contribution in [3.8, 4) is 11.5 Å². The van der Waals surface area contributed by atoms with Gasteiger partial charge in [0.1, 0.15) is 18.1 Å². The van der Waals surface area contributed by atoms with Crippen LogP contribution < -0.4 is 14.8 Å². The number of carbonyl (C=O) groups excluding carboxylic acids is 1. The molecule has 1 aliphatic carbocycles. The molecule has 0 saturated heterocycles. The topological polar surface area (TPSA) is 73.3 Å². The summed E-state index contributed by atoms with van der Waals surface area (Å²) in [5, 5.41) is 2.94. The van der Waals surface area contributed by atoms with Crippen molar-refractivity contribution in [2.24, 2.45) is 5.92 Å². The first-order valence-corrected chi connectivity index (χ1v) is 8.16. The smallest absolute Gasteiger partial charge is 0.232 e. The van der Waals surface area contributed by atoms with E-state index < -0.39 is 0 Å². The fraction of sp³-hybridized carbons (Fsp3) is 0.389. The Kier molecular flexibility index (Phi) is 3.80. The summed E-state index contributed by atoms with van der Waals surface area (Å²) >= 11 is 0. The normalized spacial score (nSPS) is 19.1. The van der Waals surface area contributed by atoms with Gasteiger partial charge in [0.2, 0.25) is 5.91 Å². The first kappa shape index (κ1) is 14.9. The van der Waals surface area contributed by atoms with E-state index in [2.05, 4.69) is 15.3 Å². The van der Waals surface area contributed by atoms with Crippen molar-refractivity contribution in [2.75, 3.05) is 19.0 Å². The van der Waals surface area contributed by atoms with E-state index in [-0.39, 0.29) is 11.8 Å². The summed E-state index contributed by atoms with van der Waals surface area (Å²) < 4.78 is 11.0. The number of hydrogen-bond acceptors (Lipinski definition) is 5. The van der Waals surface area contributed by atoms with E-state index in [4.69, 9.17) is 9.47 Å². The molecule has 1 unspecified atom stereocenters. The van der Waals surface area contributed by atoms with E-state index in [1.54, 1.807) is 19.5 Å². The molecule has 1 atom stereocenters. The van der Waals surface area contributed by atoms with Crippen molar-refractivity contribution < 1.29 is 14.3 Å². The maximum atomic E-state index is 12.6. The number of methoxy groups -OCH3 is 1. The van der Waals surface area contributed by atoms with Crippen molar-refractivity contribution in [1.82, 2.24) is 9.97 Å². The van der Waals surface area contributed by atoms with Gasteiger partial charge < -0.3 is 14.8 Å². The monoisotopic (exact) mass is 325 g/mol. The van der Waals surface area contributed by atoms with Crippen LogP contribution in [0.5, 0.6) is 11.5 Å². The van der Waals surface area contributed by atoms with Crippen molar-refractivity contribution in [2.45, 2.75) is 25.2 Å². The largest absolute Gasteiger partial charge is 0.497 e. The van der Waals surface area contributed by atoms with Gasteiger partial charge in [0.05, 0.1) is 18.7 Å². The van der Waals surface area contributed by atoms with Gasteiger partial charge in [0.15, 0.2) is 5.82 Å². The summed E-state index contributed by atoms with van der Waals surface area (Å²) in [5.74, 6) is 2.27. The minimum Gasteiger partial charge on any atom is -0.497 e. The highest BCUT2D eigenvalue weighted by molar-refractivity contribution is 5.92. The Morgan fingerprint density at radius 1 is 1.29 bits per heavy atom. The lowest BCUT2D eigenvalue weighted by atomic mass is 9.95. The van der Waals surface area contributed by atoms with Gasteiger partial charge in [0, 0.05) is 18.3 Å². The van der Waals surface area contributed by atoms with Gasteiger partial charge in [-0.1, -0.05) is 0 Å². The number of rotatable bonds is 4. The lowest BCUT2D eigenvalue weighted by molar-refractivity contribution is -0.121. The average Bonchev–Trinajstić information content (AvgIpc) is 3.46. The number of hydrogen-bond donors (Lipinski definition) is 1. The van der Waals surface area contributed by atoms with Crippen LogP contribution in [0, 0.1) is 5.92 Å². The van der Waals surface area contributed by atoms with Gasteiger partial charge in [-0.3, -0.25) is 9.78 Å². The molecule has 1 fully saturated rings. The molecule has 0 bridgehead atoms. The summed E-state index contributed by atoms with van der Waals surface area (Å²) in [7, 11) is 1.63. The standard InChI is InChI=1S/C18H19N3O3/c1-23-14-4-5-15-12(9-14)8-13(10-24-15)18(22)21-17-16(11-2-3-11)19-6-7-20-17/h4-7,9,11,13H,2-3,8,10H2,1H3,(H,20,21,22). The number of carbonyl (C=O) groups is 1. The predicted molar refractivity (Wildman–Crippen MR) is 88.3 cm³/mol. The Morgan fingerprint density at radius 3 is 2.92 bits per heavy atom. The molecule has 4 rings (SSSR count). The van der Waals surface area contributed by atoms with E-state index in [0.29, 0.717) is 24.8 Å². The molecule has 124 valence electrons. The SMILES string of the molecule is COc1ccc2c(c1)CC(C(=O)Nc1nccnc1C1CC1)CO2. The molecule has 1 aromatic heterocycles. The maximum Gasteiger partial charge on any atom is 0.232 e. The summed E-state index contributed by atoms with van der Waals surface area (Å²) in [6, 6.07) is 5.67. The summed E-state index contributed by atoms with van der Waals surface area (Å²) in [5.41, 5.74) is 1.88. The zero-order valence-electron chi connectivity index (χ0n) is 13.5. The van der Waals surface area contributed by atoms with Gasteiger partial charge in [-0.25, -0.2) is 4.98 Å². The number of anilines is 1. The molecule has 6 heteroatoms. The molecule has 1 aliphatic heterocycles. The maximum absolute atomic E-state index is 12.6. The number of benzene rings is 1. The van der Waals surface area contributed by atoms with E-state index in [0.717, 1.165) is 35.6 Å².